The monoisotopic (exact) mass is 472 g/mol. The fourth-order valence-electron chi connectivity index (χ4n) is 4.34. The fourth-order valence-corrected chi connectivity index (χ4v) is 5.56. The van der Waals surface area contributed by atoms with Crippen LogP contribution >= 0.6 is 11.8 Å². The highest BCUT2D eigenvalue weighted by Crippen LogP contribution is 2.38. The second kappa shape index (κ2) is 11.4. The van der Waals surface area contributed by atoms with E-state index in [1.807, 2.05) is 65.6 Å². The Kier molecular flexibility index (Phi) is 8.07. The first kappa shape index (κ1) is 24.1. The summed E-state index contributed by atoms with van der Waals surface area (Å²) in [7, 11) is 0. The topological polar surface area (TPSA) is 49.4 Å². The predicted octanol–water partition coefficient (Wildman–Crippen LogP) is 6.02. The van der Waals surface area contributed by atoms with Crippen LogP contribution in [0.25, 0.3) is 0 Å². The Hall–Kier alpha value is -3.05. The van der Waals surface area contributed by atoms with E-state index >= 15 is 0 Å². The van der Waals surface area contributed by atoms with Gasteiger partial charge in [0.15, 0.2) is 0 Å². The summed E-state index contributed by atoms with van der Waals surface area (Å²) in [5.41, 5.74) is 4.05. The minimum atomic E-state index is -0.0721. The van der Waals surface area contributed by atoms with Crippen molar-refractivity contribution in [3.8, 4) is 0 Å². The third-order valence-electron chi connectivity index (χ3n) is 6.12. The zero-order valence-electron chi connectivity index (χ0n) is 19.8. The molecule has 0 unspecified atom stereocenters. The summed E-state index contributed by atoms with van der Waals surface area (Å²) >= 11 is 1.65. The number of nitrogens with zero attached hydrogens (tertiary/aromatic N) is 1. The molecule has 0 spiro atoms. The van der Waals surface area contributed by atoms with E-state index in [-0.39, 0.29) is 23.2 Å². The smallest absolute Gasteiger partial charge is 0.251 e. The van der Waals surface area contributed by atoms with Gasteiger partial charge >= 0.3 is 0 Å². The number of carbonyl (C=O) groups is 2. The van der Waals surface area contributed by atoms with Crippen molar-refractivity contribution in [2.45, 2.75) is 38.1 Å². The van der Waals surface area contributed by atoms with Crippen LogP contribution < -0.4 is 5.32 Å². The third-order valence-corrected chi connectivity index (χ3v) is 7.38. The quantitative estimate of drug-likeness (QED) is 0.414. The highest BCUT2D eigenvalue weighted by molar-refractivity contribution is 8.00. The molecule has 1 N–H and O–H groups in total. The molecule has 3 aromatic rings. The first-order valence-corrected chi connectivity index (χ1v) is 13.0. The lowest BCUT2D eigenvalue weighted by Crippen LogP contribution is -2.30. The predicted molar refractivity (Wildman–Crippen MR) is 140 cm³/mol. The molecular formula is C29H32N2O2S. The fraction of sp³-hybridized carbons (Fsp3) is 0.310. The van der Waals surface area contributed by atoms with Crippen LogP contribution in [0.1, 0.15) is 58.7 Å². The molecule has 5 heteroatoms. The highest BCUT2D eigenvalue weighted by Gasteiger charge is 2.32. The van der Waals surface area contributed by atoms with Crippen molar-refractivity contribution in [2.75, 3.05) is 12.3 Å². The number of amides is 2. The molecule has 0 aromatic heterocycles. The number of nitrogens with one attached hydrogen (secondary N) is 1. The van der Waals surface area contributed by atoms with Gasteiger partial charge in [-0.05, 0) is 47.6 Å². The Bertz CT molecular complexity index is 1080. The maximum absolute atomic E-state index is 13.0. The van der Waals surface area contributed by atoms with E-state index in [9.17, 15) is 9.59 Å². The van der Waals surface area contributed by atoms with Crippen molar-refractivity contribution in [1.29, 1.82) is 0 Å². The normalized spacial score (nSPS) is 16.6. The van der Waals surface area contributed by atoms with Crippen molar-refractivity contribution >= 4 is 23.6 Å². The van der Waals surface area contributed by atoms with Gasteiger partial charge in [0, 0.05) is 12.1 Å². The number of hydrogen-bond acceptors (Lipinski definition) is 3. The first-order chi connectivity index (χ1) is 16.5. The molecule has 0 saturated carbocycles. The van der Waals surface area contributed by atoms with Crippen molar-refractivity contribution in [2.24, 2.45) is 5.92 Å². The number of carbonyl (C=O) groups excluding carboxylic acids is 2. The van der Waals surface area contributed by atoms with Gasteiger partial charge in [-0.25, -0.2) is 0 Å². The van der Waals surface area contributed by atoms with Crippen LogP contribution in [0.4, 0.5) is 0 Å². The lowest BCUT2D eigenvalue weighted by atomic mass is 9.96. The maximum atomic E-state index is 13.0. The van der Waals surface area contributed by atoms with Crippen molar-refractivity contribution in [3.05, 3.63) is 107 Å². The van der Waals surface area contributed by atoms with Gasteiger partial charge in [-0.3, -0.25) is 9.59 Å². The third kappa shape index (κ3) is 6.09. The van der Waals surface area contributed by atoms with Gasteiger partial charge in [0.1, 0.15) is 5.37 Å². The average molecular weight is 473 g/mol. The number of thioether (sulfide) groups is 1. The van der Waals surface area contributed by atoms with Crippen LogP contribution in [0, 0.1) is 5.92 Å². The largest absolute Gasteiger partial charge is 0.345 e. The van der Waals surface area contributed by atoms with Gasteiger partial charge in [-0.2, -0.15) is 0 Å². The lowest BCUT2D eigenvalue weighted by molar-refractivity contribution is -0.128. The van der Waals surface area contributed by atoms with Crippen LogP contribution in [-0.4, -0.2) is 29.0 Å². The minimum absolute atomic E-state index is 0.00803. The molecule has 0 radical (unpaired) electrons. The molecule has 176 valence electrons. The van der Waals surface area contributed by atoms with Gasteiger partial charge in [0.25, 0.3) is 5.91 Å². The lowest BCUT2D eigenvalue weighted by Gasteiger charge is -2.25. The molecule has 2 amide bonds. The number of benzene rings is 3. The van der Waals surface area contributed by atoms with Crippen LogP contribution in [0.2, 0.25) is 0 Å². The summed E-state index contributed by atoms with van der Waals surface area (Å²) in [5.74, 6) is 1.06. The summed E-state index contributed by atoms with van der Waals surface area (Å²) in [6, 6.07) is 28.1. The second-order valence-corrected chi connectivity index (χ2v) is 10.2. The summed E-state index contributed by atoms with van der Waals surface area (Å²) in [5, 5.41) is 3.21. The molecule has 4 rings (SSSR count). The van der Waals surface area contributed by atoms with Gasteiger partial charge in [0.05, 0.1) is 11.8 Å². The maximum Gasteiger partial charge on any atom is 0.251 e. The highest BCUT2D eigenvalue weighted by atomic mass is 32.2. The summed E-state index contributed by atoms with van der Waals surface area (Å²) < 4.78 is 0. The molecule has 1 fully saturated rings. The zero-order chi connectivity index (χ0) is 23.9. The molecule has 0 bridgehead atoms. The van der Waals surface area contributed by atoms with E-state index in [1.165, 1.54) is 5.56 Å². The first-order valence-electron chi connectivity index (χ1n) is 11.9. The van der Waals surface area contributed by atoms with Crippen molar-refractivity contribution < 1.29 is 9.59 Å². The number of hydrogen-bond donors (Lipinski definition) is 1. The molecular weight excluding hydrogens is 440 g/mol. The van der Waals surface area contributed by atoms with Crippen molar-refractivity contribution in [3.63, 3.8) is 0 Å². The molecule has 4 nitrogen and oxygen atoms in total. The molecule has 1 aliphatic rings. The number of rotatable bonds is 9. The summed E-state index contributed by atoms with van der Waals surface area (Å²) in [4.78, 5) is 27.5. The molecule has 1 heterocycles. The molecule has 2 atom stereocenters. The summed E-state index contributed by atoms with van der Waals surface area (Å²) in [6.45, 7) is 5.03. The summed E-state index contributed by atoms with van der Waals surface area (Å²) in [6.07, 6.45) is 1.71. The molecule has 3 aromatic carbocycles. The Labute approximate surface area is 206 Å². The second-order valence-electron chi connectivity index (χ2n) is 9.17. The van der Waals surface area contributed by atoms with Gasteiger partial charge in [0.2, 0.25) is 5.91 Å². The van der Waals surface area contributed by atoms with Crippen LogP contribution in [0.15, 0.2) is 84.9 Å². The van der Waals surface area contributed by atoms with E-state index in [4.69, 9.17) is 0 Å². The van der Waals surface area contributed by atoms with E-state index in [2.05, 4.69) is 43.4 Å². The van der Waals surface area contributed by atoms with Crippen LogP contribution in [0.3, 0.4) is 0 Å². The van der Waals surface area contributed by atoms with E-state index in [1.54, 1.807) is 11.8 Å². The van der Waals surface area contributed by atoms with Gasteiger partial charge < -0.3 is 10.2 Å². The molecule has 0 aliphatic carbocycles. The Morgan fingerprint density at radius 2 is 1.62 bits per heavy atom. The Balaban J connectivity index is 1.43. The zero-order valence-corrected chi connectivity index (χ0v) is 20.6. The van der Waals surface area contributed by atoms with Gasteiger partial charge in [-0.15, -0.1) is 11.8 Å². The molecule has 1 aliphatic heterocycles. The van der Waals surface area contributed by atoms with Crippen LogP contribution in [-0.2, 0) is 11.2 Å². The molecule has 1 saturated heterocycles. The SMILES string of the molecule is CC(C)C[C@H](NC(=O)c1ccc([C@H]2SCC(=O)N2CCc2ccccc2)cc1)c1ccccc1. The molecule has 34 heavy (non-hydrogen) atoms. The van der Waals surface area contributed by atoms with E-state index < -0.39 is 0 Å². The Morgan fingerprint density at radius 1 is 0.971 bits per heavy atom. The van der Waals surface area contributed by atoms with E-state index in [0.29, 0.717) is 23.8 Å². The van der Waals surface area contributed by atoms with Gasteiger partial charge in [-0.1, -0.05) is 86.6 Å². The minimum Gasteiger partial charge on any atom is -0.345 e. The van der Waals surface area contributed by atoms with Crippen LogP contribution in [0.5, 0.6) is 0 Å². The van der Waals surface area contributed by atoms with Crippen molar-refractivity contribution in [1.82, 2.24) is 10.2 Å². The van der Waals surface area contributed by atoms with E-state index in [0.717, 1.165) is 24.0 Å². The average Bonchev–Trinajstić information content (AvgIpc) is 3.23. The standard InChI is InChI=1S/C29H32N2O2S/c1-21(2)19-26(23-11-7-4-8-12-23)30-28(33)24-13-15-25(16-14-24)29-31(27(32)20-34-29)18-17-22-9-5-3-6-10-22/h3-16,21,26,29H,17-20H2,1-2H3,(H,30,33)/t26-,29+/m0/s1. The Morgan fingerprint density at radius 3 is 2.26 bits per heavy atom.